The van der Waals surface area contributed by atoms with Crippen molar-refractivity contribution in [2.24, 2.45) is 0 Å². The van der Waals surface area contributed by atoms with Gasteiger partial charge in [0.05, 0.1) is 39.8 Å². The Balaban J connectivity index is 1.11. The third kappa shape index (κ3) is 10.8. The minimum absolute atomic E-state index is 0.214. The summed E-state index contributed by atoms with van der Waals surface area (Å²) >= 11 is 0. The Labute approximate surface area is 513 Å². The lowest BCUT2D eigenvalue weighted by Gasteiger charge is -2.40. The molecule has 1 aliphatic rings. The first-order valence-electron chi connectivity index (χ1n) is 29.8. The van der Waals surface area contributed by atoms with Gasteiger partial charge in [-0.3, -0.25) is 4.90 Å². The molecule has 0 amide bonds. The van der Waals surface area contributed by atoms with Gasteiger partial charge in [0.25, 0.3) is 0 Å². The number of nitrogens with zero attached hydrogens (tertiary/aromatic N) is 10. The molecule has 4 heterocycles. The van der Waals surface area contributed by atoms with Gasteiger partial charge in [0.15, 0.2) is 34.9 Å². The summed E-state index contributed by atoms with van der Waals surface area (Å²) in [6, 6.07) is 91.9. The molecule has 0 saturated heterocycles. The number of rotatable bonds is 11. The molecule has 424 valence electrons. The van der Waals surface area contributed by atoms with Crippen LogP contribution in [0.1, 0.15) is 52.7 Å². The lowest BCUT2D eigenvalue weighted by Crippen LogP contribution is -2.26. The van der Waals surface area contributed by atoms with E-state index in [1.807, 2.05) is 158 Å². The van der Waals surface area contributed by atoms with Crippen LogP contribution in [0.25, 0.3) is 102 Å². The molecule has 1 aliphatic heterocycles. The highest BCUT2D eigenvalue weighted by Gasteiger charge is 2.35. The van der Waals surface area contributed by atoms with Crippen molar-refractivity contribution in [3.05, 3.63) is 278 Å². The predicted molar refractivity (Wildman–Crippen MR) is 358 cm³/mol. The van der Waals surface area contributed by atoms with Gasteiger partial charge in [-0.2, -0.15) is 0 Å². The highest BCUT2D eigenvalue weighted by atomic mass is 15.3. The van der Waals surface area contributed by atoms with Crippen molar-refractivity contribution in [2.75, 3.05) is 9.80 Å². The van der Waals surface area contributed by atoms with Gasteiger partial charge in [0, 0.05) is 44.5 Å². The van der Waals surface area contributed by atoms with E-state index >= 15 is 0 Å². The van der Waals surface area contributed by atoms with Crippen molar-refractivity contribution >= 4 is 34.4 Å². The maximum atomic E-state index is 5.53. The van der Waals surface area contributed by atoms with Crippen LogP contribution in [0.15, 0.2) is 267 Å². The van der Waals surface area contributed by atoms with Crippen LogP contribution < -0.4 is 9.80 Å². The fourth-order valence-electron chi connectivity index (χ4n) is 11.4. The highest BCUT2D eigenvalue weighted by Crippen LogP contribution is 2.56. The van der Waals surface area contributed by atoms with Crippen LogP contribution in [-0.4, -0.2) is 39.9 Å². The first-order valence-corrected chi connectivity index (χ1v) is 29.8. The van der Waals surface area contributed by atoms with Crippen molar-refractivity contribution in [3.63, 3.8) is 0 Å². The summed E-state index contributed by atoms with van der Waals surface area (Å²) < 4.78 is 0. The predicted octanol–water partition coefficient (Wildman–Crippen LogP) is 19.7. The average Bonchev–Trinajstić information content (AvgIpc) is 0.955. The van der Waals surface area contributed by atoms with Crippen LogP contribution in [-0.2, 0) is 10.8 Å². The number of para-hydroxylation sites is 4. The molecule has 0 fully saturated rings. The van der Waals surface area contributed by atoms with Crippen molar-refractivity contribution in [1.29, 1.82) is 0 Å². The number of fused-ring (bicyclic) bond motifs is 2. The van der Waals surface area contributed by atoms with Crippen molar-refractivity contribution in [1.82, 2.24) is 39.9 Å². The summed E-state index contributed by atoms with van der Waals surface area (Å²) in [5.41, 5.74) is 16.7. The van der Waals surface area contributed by atoms with Gasteiger partial charge in [0.1, 0.15) is 0 Å². The molecule has 88 heavy (non-hydrogen) atoms. The molecule has 0 unspecified atom stereocenters. The largest absolute Gasteiger partial charge is 0.306 e. The van der Waals surface area contributed by atoms with E-state index in [1.165, 1.54) is 11.1 Å². The van der Waals surface area contributed by atoms with E-state index in [1.54, 1.807) is 0 Å². The molecule has 0 saturated carbocycles. The van der Waals surface area contributed by atoms with E-state index in [0.29, 0.717) is 46.5 Å². The second-order valence-electron chi connectivity index (χ2n) is 24.1. The Morgan fingerprint density at radius 3 is 0.886 bits per heavy atom. The molecule has 10 aromatic carbocycles. The topological polar surface area (TPSA) is 110 Å². The Kier molecular flexibility index (Phi) is 14.2. The van der Waals surface area contributed by atoms with Crippen LogP contribution in [0.5, 0.6) is 0 Å². The third-order valence-corrected chi connectivity index (χ3v) is 16.0. The molecule has 14 rings (SSSR count). The lowest BCUT2D eigenvalue weighted by atomic mass is 9.78. The van der Waals surface area contributed by atoms with Gasteiger partial charge in [-0.1, -0.05) is 266 Å². The average molecular weight is 1140 g/mol. The number of hydrogen-bond acceptors (Lipinski definition) is 10. The Bertz CT molecular complexity index is 4430. The number of aromatic nitrogens is 8. The van der Waals surface area contributed by atoms with Gasteiger partial charge in [0.2, 0.25) is 5.95 Å². The Morgan fingerprint density at radius 1 is 0.227 bits per heavy atom. The maximum Gasteiger partial charge on any atom is 0.235 e. The van der Waals surface area contributed by atoms with Crippen molar-refractivity contribution in [2.45, 2.75) is 52.4 Å². The fraction of sp³-hybridized carbons (Fsp3) is 0.103. The molecular weight excluding hydrogens is 1080 g/mol. The minimum atomic E-state index is -0.214. The summed E-state index contributed by atoms with van der Waals surface area (Å²) in [5.74, 6) is 3.63. The quantitative estimate of drug-likeness (QED) is 0.124. The molecule has 13 aromatic rings. The van der Waals surface area contributed by atoms with E-state index in [2.05, 4.69) is 161 Å². The summed E-state index contributed by atoms with van der Waals surface area (Å²) in [6.45, 7) is 13.7. The van der Waals surface area contributed by atoms with Gasteiger partial charge in [-0.15, -0.1) is 0 Å². The number of hydrogen-bond donors (Lipinski definition) is 0. The second-order valence-corrected chi connectivity index (χ2v) is 24.1. The van der Waals surface area contributed by atoms with Crippen LogP contribution in [0.4, 0.5) is 34.4 Å². The third-order valence-electron chi connectivity index (χ3n) is 16.0. The molecule has 0 spiro atoms. The van der Waals surface area contributed by atoms with E-state index in [0.717, 1.165) is 89.9 Å². The summed E-state index contributed by atoms with van der Waals surface area (Å²) in [4.78, 5) is 48.0. The maximum absolute atomic E-state index is 5.53. The lowest BCUT2D eigenvalue weighted by molar-refractivity contribution is 0.569. The molecule has 0 radical (unpaired) electrons. The SMILES string of the molecule is CC(C)(C)c1cc(-c2cc(N3c4ccccc4N(c4nc(-c5ccccc5)cc(-c5ccccc5)n4)c4ccccc43)c(-c3nc(-c4ccccc4)nc(-c4ccccc4)n3)cc2-c2nc(-c3ccccc3)nc(-c3ccccc3)n2)cc(C(C)(C)C)c1. The fourth-order valence-corrected chi connectivity index (χ4v) is 11.4. The van der Waals surface area contributed by atoms with Crippen molar-refractivity contribution in [3.8, 4) is 102 Å². The van der Waals surface area contributed by atoms with Crippen LogP contribution in [0.2, 0.25) is 0 Å². The standard InChI is InChI=1S/C78H62N10/c1-77(2,3)58-45-57(46-59(47-58)78(4,5)6)60-49-69(87-65-41-25-27-43-67(65)88(68-44-28-26-42-66(68)87)76-79-63(51-29-13-7-14-30-51)50-64(80-76)52-31-15-8-16-32-52)62(75-85-72(55-37-21-11-22-38-55)82-73(86-75)56-39-23-12-24-40-56)48-61(60)74-83-70(53-33-17-9-18-34-53)81-71(84-74)54-35-19-10-20-36-54/h7-50H,1-6H3. The minimum Gasteiger partial charge on any atom is -0.306 e. The van der Waals surface area contributed by atoms with E-state index in [-0.39, 0.29) is 10.8 Å². The molecule has 0 aliphatic carbocycles. The Morgan fingerprint density at radius 2 is 0.534 bits per heavy atom. The number of benzene rings is 10. The van der Waals surface area contributed by atoms with Crippen LogP contribution in [0, 0.1) is 0 Å². The first kappa shape index (κ1) is 54.8. The molecule has 0 bridgehead atoms. The summed E-state index contributed by atoms with van der Waals surface area (Å²) in [5, 5.41) is 0. The van der Waals surface area contributed by atoms with Gasteiger partial charge in [-0.25, -0.2) is 39.9 Å². The molecular formula is C78H62N10. The first-order chi connectivity index (χ1) is 42.9. The van der Waals surface area contributed by atoms with Gasteiger partial charge >= 0.3 is 0 Å². The zero-order chi connectivity index (χ0) is 59.9. The van der Waals surface area contributed by atoms with Crippen LogP contribution >= 0.6 is 0 Å². The zero-order valence-electron chi connectivity index (χ0n) is 49.9. The van der Waals surface area contributed by atoms with E-state index in [9.17, 15) is 0 Å². The molecule has 10 nitrogen and oxygen atoms in total. The van der Waals surface area contributed by atoms with Gasteiger partial charge < -0.3 is 4.90 Å². The van der Waals surface area contributed by atoms with E-state index < -0.39 is 0 Å². The second kappa shape index (κ2) is 22.7. The zero-order valence-corrected chi connectivity index (χ0v) is 49.9. The molecule has 10 heteroatoms. The highest BCUT2D eigenvalue weighted by molar-refractivity contribution is 6.05. The van der Waals surface area contributed by atoms with Crippen LogP contribution in [0.3, 0.4) is 0 Å². The van der Waals surface area contributed by atoms with E-state index in [4.69, 9.17) is 39.9 Å². The molecule has 0 atom stereocenters. The molecule has 3 aromatic heterocycles. The van der Waals surface area contributed by atoms with Crippen molar-refractivity contribution < 1.29 is 0 Å². The normalized spacial score (nSPS) is 12.2. The summed E-state index contributed by atoms with van der Waals surface area (Å²) in [7, 11) is 0. The molecule has 0 N–H and O–H groups in total. The monoisotopic (exact) mass is 1140 g/mol. The number of anilines is 6. The Hall–Kier alpha value is -11.1. The summed E-state index contributed by atoms with van der Waals surface area (Å²) in [6.07, 6.45) is 0. The smallest absolute Gasteiger partial charge is 0.235 e. The van der Waals surface area contributed by atoms with Gasteiger partial charge in [-0.05, 0) is 75.5 Å².